The number of furan rings is 2. The van der Waals surface area contributed by atoms with Crippen molar-refractivity contribution in [2.45, 2.75) is 50.9 Å². The lowest BCUT2D eigenvalue weighted by Gasteiger charge is -2.41. The van der Waals surface area contributed by atoms with Crippen LogP contribution < -0.4 is 0 Å². The standard InChI is InChI=1S/C22H26N6O4/c1-27(13-19-23-21(25-31-19)17-9-5-11-29-17)15-7-3-4-8-16(15)28(2)14-20-24-22(26-32-20)18-10-6-12-30-18/h5-6,9-12,15-16H,3-4,7-8,13-14H2,1-2H3. The predicted octanol–water partition coefficient (Wildman–Crippen LogP) is 3.85. The second kappa shape index (κ2) is 9.09. The minimum absolute atomic E-state index is 0.347. The van der Waals surface area contributed by atoms with Crippen molar-refractivity contribution in [1.29, 1.82) is 0 Å². The molecular formula is C22H26N6O4. The van der Waals surface area contributed by atoms with E-state index in [1.807, 2.05) is 12.1 Å². The van der Waals surface area contributed by atoms with E-state index in [-0.39, 0.29) is 0 Å². The lowest BCUT2D eigenvalue weighted by Crippen LogP contribution is -2.50. The molecule has 4 heterocycles. The van der Waals surface area contributed by atoms with E-state index >= 15 is 0 Å². The van der Waals surface area contributed by atoms with Crippen LogP contribution in [-0.2, 0) is 13.1 Å². The van der Waals surface area contributed by atoms with Crippen LogP contribution in [0.2, 0.25) is 0 Å². The fraction of sp³-hybridized carbons (Fsp3) is 0.455. The molecule has 10 heteroatoms. The molecule has 0 saturated heterocycles. The van der Waals surface area contributed by atoms with Crippen molar-refractivity contribution in [1.82, 2.24) is 30.1 Å². The van der Waals surface area contributed by atoms with E-state index in [0.29, 0.717) is 60.1 Å². The molecule has 32 heavy (non-hydrogen) atoms. The second-order valence-electron chi connectivity index (χ2n) is 8.23. The SMILES string of the molecule is CN(Cc1nc(-c2ccco2)no1)C1CCCCC1N(C)Cc1nc(-c2ccco2)no1. The molecule has 1 aliphatic carbocycles. The fourth-order valence-corrected chi connectivity index (χ4v) is 4.43. The minimum atomic E-state index is 0.347. The smallest absolute Gasteiger partial charge is 0.241 e. The van der Waals surface area contributed by atoms with Crippen molar-refractivity contribution >= 4 is 0 Å². The van der Waals surface area contributed by atoms with Gasteiger partial charge >= 0.3 is 0 Å². The Kier molecular flexibility index (Phi) is 5.87. The Labute approximate surface area is 185 Å². The van der Waals surface area contributed by atoms with Crippen LogP contribution in [0.4, 0.5) is 0 Å². The highest BCUT2D eigenvalue weighted by atomic mass is 16.5. The molecule has 0 bridgehead atoms. The summed E-state index contributed by atoms with van der Waals surface area (Å²) in [4.78, 5) is 13.6. The van der Waals surface area contributed by atoms with E-state index < -0.39 is 0 Å². The molecule has 1 fully saturated rings. The summed E-state index contributed by atoms with van der Waals surface area (Å²) in [6.45, 7) is 1.15. The third-order valence-corrected chi connectivity index (χ3v) is 6.01. The number of rotatable bonds is 8. The van der Waals surface area contributed by atoms with Crippen LogP contribution in [0.3, 0.4) is 0 Å². The molecule has 5 rings (SSSR count). The summed E-state index contributed by atoms with van der Waals surface area (Å²) in [5, 5.41) is 8.08. The van der Waals surface area contributed by atoms with Crippen molar-refractivity contribution in [2.24, 2.45) is 0 Å². The molecule has 0 spiro atoms. The van der Waals surface area contributed by atoms with E-state index in [9.17, 15) is 0 Å². The Morgan fingerprint density at radius 1 is 0.781 bits per heavy atom. The van der Waals surface area contributed by atoms with Gasteiger partial charge in [0, 0.05) is 12.1 Å². The molecule has 4 aromatic rings. The van der Waals surface area contributed by atoms with Crippen LogP contribution in [0.15, 0.2) is 54.7 Å². The molecule has 2 unspecified atom stereocenters. The fourth-order valence-electron chi connectivity index (χ4n) is 4.43. The Balaban J connectivity index is 1.24. The van der Waals surface area contributed by atoms with Gasteiger partial charge in [0.25, 0.3) is 0 Å². The van der Waals surface area contributed by atoms with E-state index in [4.69, 9.17) is 17.9 Å². The second-order valence-corrected chi connectivity index (χ2v) is 8.23. The Hall–Kier alpha value is -3.24. The average Bonchev–Trinajstić information content (AvgIpc) is 3.61. The third-order valence-electron chi connectivity index (χ3n) is 6.01. The topological polar surface area (TPSA) is 111 Å². The maximum Gasteiger partial charge on any atom is 0.241 e. The molecule has 168 valence electrons. The van der Waals surface area contributed by atoms with Gasteiger partial charge in [-0.1, -0.05) is 23.2 Å². The molecule has 10 nitrogen and oxygen atoms in total. The molecule has 1 saturated carbocycles. The molecule has 0 N–H and O–H groups in total. The van der Waals surface area contributed by atoms with Gasteiger partial charge in [0.2, 0.25) is 23.4 Å². The quantitative estimate of drug-likeness (QED) is 0.402. The van der Waals surface area contributed by atoms with E-state index in [1.165, 1.54) is 12.8 Å². The largest absolute Gasteiger partial charge is 0.461 e. The molecule has 1 aliphatic rings. The van der Waals surface area contributed by atoms with Crippen LogP contribution in [-0.4, -0.2) is 56.3 Å². The summed E-state index contributed by atoms with van der Waals surface area (Å²) >= 11 is 0. The summed E-state index contributed by atoms with van der Waals surface area (Å²) in [6, 6.07) is 7.95. The first-order valence-electron chi connectivity index (χ1n) is 10.8. The number of nitrogens with zero attached hydrogens (tertiary/aromatic N) is 6. The zero-order valence-corrected chi connectivity index (χ0v) is 18.2. The zero-order valence-electron chi connectivity index (χ0n) is 18.2. The highest BCUT2D eigenvalue weighted by Crippen LogP contribution is 2.28. The molecule has 0 amide bonds. The Morgan fingerprint density at radius 2 is 1.25 bits per heavy atom. The summed E-state index contributed by atoms with van der Waals surface area (Å²) in [6.07, 6.45) is 7.80. The van der Waals surface area contributed by atoms with Gasteiger partial charge in [-0.05, 0) is 51.2 Å². The maximum atomic E-state index is 5.46. The molecule has 0 aromatic carbocycles. The van der Waals surface area contributed by atoms with Crippen LogP contribution in [0.1, 0.15) is 37.5 Å². The summed E-state index contributed by atoms with van der Waals surface area (Å²) in [7, 11) is 4.21. The van der Waals surface area contributed by atoms with E-state index in [0.717, 1.165) is 12.8 Å². The van der Waals surface area contributed by atoms with Gasteiger partial charge in [0.05, 0.1) is 25.6 Å². The van der Waals surface area contributed by atoms with Gasteiger partial charge in [-0.15, -0.1) is 0 Å². The first kappa shape index (κ1) is 20.7. The number of hydrogen-bond donors (Lipinski definition) is 0. The zero-order chi connectivity index (χ0) is 21.9. The van der Waals surface area contributed by atoms with Crippen LogP contribution >= 0.6 is 0 Å². The van der Waals surface area contributed by atoms with Crippen molar-refractivity contribution in [3.05, 3.63) is 48.6 Å². The van der Waals surface area contributed by atoms with E-state index in [1.54, 1.807) is 24.7 Å². The lowest BCUT2D eigenvalue weighted by atomic mass is 9.88. The predicted molar refractivity (Wildman–Crippen MR) is 113 cm³/mol. The van der Waals surface area contributed by atoms with Crippen molar-refractivity contribution < 1.29 is 17.9 Å². The molecule has 2 atom stereocenters. The Morgan fingerprint density at radius 3 is 1.66 bits per heavy atom. The number of hydrogen-bond acceptors (Lipinski definition) is 10. The Bertz CT molecular complexity index is 1020. The first-order chi connectivity index (χ1) is 15.7. The third kappa shape index (κ3) is 4.37. The molecule has 0 radical (unpaired) electrons. The van der Waals surface area contributed by atoms with Crippen molar-refractivity contribution in [3.8, 4) is 23.2 Å². The van der Waals surface area contributed by atoms with Crippen molar-refractivity contribution in [2.75, 3.05) is 14.1 Å². The minimum Gasteiger partial charge on any atom is -0.461 e. The maximum absolute atomic E-state index is 5.46. The summed E-state index contributed by atoms with van der Waals surface area (Å²) in [5.41, 5.74) is 0. The van der Waals surface area contributed by atoms with Gasteiger partial charge in [-0.2, -0.15) is 9.97 Å². The lowest BCUT2D eigenvalue weighted by molar-refractivity contribution is 0.0581. The number of likely N-dealkylation sites (N-methyl/N-ethyl adjacent to an activating group) is 2. The average molecular weight is 438 g/mol. The van der Waals surface area contributed by atoms with Crippen LogP contribution in [0.25, 0.3) is 23.2 Å². The molecule has 4 aromatic heterocycles. The monoisotopic (exact) mass is 438 g/mol. The van der Waals surface area contributed by atoms with Crippen molar-refractivity contribution in [3.63, 3.8) is 0 Å². The van der Waals surface area contributed by atoms with Gasteiger partial charge in [-0.25, -0.2) is 0 Å². The highest BCUT2D eigenvalue weighted by Gasteiger charge is 2.32. The van der Waals surface area contributed by atoms with Crippen LogP contribution in [0.5, 0.6) is 0 Å². The molecule has 0 aliphatic heterocycles. The number of aromatic nitrogens is 4. The first-order valence-corrected chi connectivity index (χ1v) is 10.8. The highest BCUT2D eigenvalue weighted by molar-refractivity contribution is 5.45. The summed E-state index contributed by atoms with van der Waals surface area (Å²) in [5.74, 6) is 3.30. The molecular weight excluding hydrogens is 412 g/mol. The van der Waals surface area contributed by atoms with Gasteiger partial charge in [-0.3, -0.25) is 9.80 Å². The van der Waals surface area contributed by atoms with Gasteiger partial charge in [0.1, 0.15) is 0 Å². The van der Waals surface area contributed by atoms with E-state index in [2.05, 4.69) is 44.2 Å². The van der Waals surface area contributed by atoms with Crippen LogP contribution in [0, 0.1) is 0 Å². The summed E-state index contributed by atoms with van der Waals surface area (Å²) < 4.78 is 21.6. The normalized spacial score (nSPS) is 19.2. The van der Waals surface area contributed by atoms with Gasteiger partial charge < -0.3 is 17.9 Å². The van der Waals surface area contributed by atoms with Gasteiger partial charge in [0.15, 0.2) is 11.5 Å².